The molecule has 0 saturated heterocycles. The molecule has 0 unspecified atom stereocenters. The first-order valence-corrected chi connectivity index (χ1v) is 7.53. The summed E-state index contributed by atoms with van der Waals surface area (Å²) in [6.07, 6.45) is 5.32. The number of hydrogen-bond acceptors (Lipinski definition) is 3. The number of hydrogen-bond donors (Lipinski definition) is 2. The van der Waals surface area contributed by atoms with E-state index in [0.717, 1.165) is 28.8 Å². The molecule has 1 heterocycles. The third kappa shape index (κ3) is 2.33. The number of rotatable bonds is 4. The number of aromatic nitrogens is 1. The molecule has 1 aromatic carbocycles. The average Bonchev–Trinajstić information content (AvgIpc) is 2.38. The Hall–Kier alpha value is -1.77. The van der Waals surface area contributed by atoms with Crippen molar-refractivity contribution < 1.29 is 0 Å². The molecular weight excluding hydrogens is 246 g/mol. The van der Waals surface area contributed by atoms with E-state index in [4.69, 9.17) is 5.73 Å². The largest absolute Gasteiger partial charge is 0.399 e. The molecule has 2 aromatic rings. The number of nitrogen functional groups attached to an aromatic ring is 1. The monoisotopic (exact) mass is 269 g/mol. The lowest BCUT2D eigenvalue weighted by Crippen LogP contribution is -2.35. The van der Waals surface area contributed by atoms with Crippen LogP contribution in [-0.2, 0) is 0 Å². The fraction of sp³-hybridized carbons (Fsp3) is 0.471. The van der Waals surface area contributed by atoms with Gasteiger partial charge in [-0.05, 0) is 55.9 Å². The number of nitrogens with zero attached hydrogens (tertiary/aromatic N) is 1. The Morgan fingerprint density at radius 2 is 2.10 bits per heavy atom. The minimum Gasteiger partial charge on any atom is -0.399 e. The quantitative estimate of drug-likeness (QED) is 0.821. The summed E-state index contributed by atoms with van der Waals surface area (Å²) in [6.45, 7) is 5.39. The second kappa shape index (κ2) is 4.97. The number of pyridine rings is 1. The molecule has 3 rings (SSSR count). The van der Waals surface area contributed by atoms with Gasteiger partial charge < -0.3 is 11.1 Å². The van der Waals surface area contributed by atoms with Gasteiger partial charge in [0.15, 0.2) is 0 Å². The van der Waals surface area contributed by atoms with Crippen molar-refractivity contribution in [2.24, 2.45) is 5.41 Å². The van der Waals surface area contributed by atoms with Crippen molar-refractivity contribution in [3.05, 3.63) is 30.0 Å². The number of benzene rings is 1. The van der Waals surface area contributed by atoms with Gasteiger partial charge in [-0.2, -0.15) is 0 Å². The molecule has 0 aliphatic heterocycles. The van der Waals surface area contributed by atoms with E-state index in [2.05, 4.69) is 23.3 Å². The van der Waals surface area contributed by atoms with Crippen LogP contribution in [0.5, 0.6) is 0 Å². The fourth-order valence-corrected chi connectivity index (χ4v) is 3.14. The van der Waals surface area contributed by atoms with Gasteiger partial charge in [-0.15, -0.1) is 0 Å². The van der Waals surface area contributed by atoms with E-state index in [-0.39, 0.29) is 0 Å². The molecule has 106 valence electrons. The Labute approximate surface area is 120 Å². The summed E-state index contributed by atoms with van der Waals surface area (Å²) in [5.41, 5.74) is 10.4. The van der Waals surface area contributed by atoms with Crippen LogP contribution in [0.25, 0.3) is 10.9 Å². The number of anilines is 2. The second-order valence-electron chi connectivity index (χ2n) is 6.15. The molecule has 1 saturated carbocycles. The van der Waals surface area contributed by atoms with E-state index < -0.39 is 0 Å². The minimum absolute atomic E-state index is 0.504. The normalized spacial score (nSPS) is 16.9. The number of fused-ring (bicyclic) bond motifs is 1. The van der Waals surface area contributed by atoms with Crippen molar-refractivity contribution in [2.75, 3.05) is 17.6 Å². The van der Waals surface area contributed by atoms with Gasteiger partial charge in [0.1, 0.15) is 0 Å². The van der Waals surface area contributed by atoms with Gasteiger partial charge >= 0.3 is 0 Å². The average molecular weight is 269 g/mol. The highest BCUT2D eigenvalue weighted by Crippen LogP contribution is 2.44. The Morgan fingerprint density at radius 1 is 1.30 bits per heavy atom. The topological polar surface area (TPSA) is 50.9 Å². The first kappa shape index (κ1) is 13.2. The number of aryl methyl sites for hydroxylation is 1. The predicted molar refractivity (Wildman–Crippen MR) is 86.0 cm³/mol. The highest BCUT2D eigenvalue weighted by molar-refractivity contribution is 5.93. The molecule has 0 atom stereocenters. The molecule has 0 amide bonds. The zero-order valence-electron chi connectivity index (χ0n) is 12.4. The van der Waals surface area contributed by atoms with Crippen LogP contribution in [0.15, 0.2) is 24.3 Å². The van der Waals surface area contributed by atoms with Gasteiger partial charge in [0.05, 0.1) is 5.52 Å². The molecular formula is C17H23N3. The maximum Gasteiger partial charge on any atom is 0.0727 e. The van der Waals surface area contributed by atoms with E-state index in [1.54, 1.807) is 0 Å². The van der Waals surface area contributed by atoms with Gasteiger partial charge in [0.2, 0.25) is 0 Å². The molecule has 1 aromatic heterocycles. The SMILES string of the molecule is CCC1(CNc2cc(C)nc3ccc(N)cc23)CCC1. The first-order valence-electron chi connectivity index (χ1n) is 7.53. The van der Waals surface area contributed by atoms with Crippen molar-refractivity contribution in [2.45, 2.75) is 39.5 Å². The maximum atomic E-state index is 5.92. The number of nitrogens with one attached hydrogen (secondary N) is 1. The molecule has 0 radical (unpaired) electrons. The van der Waals surface area contributed by atoms with Crippen molar-refractivity contribution in [1.82, 2.24) is 4.98 Å². The van der Waals surface area contributed by atoms with Crippen molar-refractivity contribution in [3.63, 3.8) is 0 Å². The molecule has 20 heavy (non-hydrogen) atoms. The standard InChI is InChI=1S/C17H23N3/c1-3-17(7-4-8-17)11-19-16-9-12(2)20-15-6-5-13(18)10-14(15)16/h5-6,9-10H,3-4,7-8,11,18H2,1-2H3,(H,19,20). The highest BCUT2D eigenvalue weighted by atomic mass is 14.9. The maximum absolute atomic E-state index is 5.92. The van der Waals surface area contributed by atoms with Gasteiger partial charge in [-0.25, -0.2) is 0 Å². The predicted octanol–water partition coefficient (Wildman–Crippen LogP) is 4.12. The van der Waals surface area contributed by atoms with Crippen molar-refractivity contribution >= 4 is 22.3 Å². The summed E-state index contributed by atoms with van der Waals surface area (Å²) in [5.74, 6) is 0. The van der Waals surface area contributed by atoms with E-state index >= 15 is 0 Å². The van der Waals surface area contributed by atoms with Crippen molar-refractivity contribution in [1.29, 1.82) is 0 Å². The second-order valence-corrected chi connectivity index (χ2v) is 6.15. The van der Waals surface area contributed by atoms with Crippen molar-refractivity contribution in [3.8, 4) is 0 Å². The smallest absolute Gasteiger partial charge is 0.0727 e. The van der Waals surface area contributed by atoms with Crippen LogP contribution in [0.1, 0.15) is 38.3 Å². The van der Waals surface area contributed by atoms with Crippen LogP contribution >= 0.6 is 0 Å². The Kier molecular flexibility index (Phi) is 3.28. The summed E-state index contributed by atoms with van der Waals surface area (Å²) >= 11 is 0. The molecule has 3 N–H and O–H groups in total. The van der Waals surface area contributed by atoms with E-state index in [1.807, 2.05) is 25.1 Å². The molecule has 3 nitrogen and oxygen atoms in total. The summed E-state index contributed by atoms with van der Waals surface area (Å²) in [4.78, 5) is 4.58. The van der Waals surface area contributed by atoms with Crippen LogP contribution in [0.2, 0.25) is 0 Å². The lowest BCUT2D eigenvalue weighted by molar-refractivity contribution is 0.145. The first-order chi connectivity index (χ1) is 9.62. The number of nitrogens with two attached hydrogens (primary N) is 1. The van der Waals surface area contributed by atoms with Crippen LogP contribution in [0.3, 0.4) is 0 Å². The third-order valence-electron chi connectivity index (χ3n) is 4.78. The molecule has 1 aliphatic rings. The van der Waals surface area contributed by atoms with Gasteiger partial charge in [0.25, 0.3) is 0 Å². The van der Waals surface area contributed by atoms with Crippen LogP contribution < -0.4 is 11.1 Å². The lowest BCUT2D eigenvalue weighted by atomic mass is 9.67. The molecule has 1 fully saturated rings. The molecule has 3 heteroatoms. The van der Waals surface area contributed by atoms with Gasteiger partial charge in [0, 0.05) is 29.0 Å². The van der Waals surface area contributed by atoms with Crippen LogP contribution in [0, 0.1) is 12.3 Å². The van der Waals surface area contributed by atoms with E-state index in [1.165, 1.54) is 31.4 Å². The Bertz CT molecular complexity index is 624. The van der Waals surface area contributed by atoms with Crippen LogP contribution in [0.4, 0.5) is 11.4 Å². The Balaban J connectivity index is 1.92. The minimum atomic E-state index is 0.504. The molecule has 1 aliphatic carbocycles. The molecule has 0 bridgehead atoms. The summed E-state index contributed by atoms with van der Waals surface area (Å²) in [7, 11) is 0. The lowest BCUT2D eigenvalue weighted by Gasteiger charge is -2.41. The Morgan fingerprint density at radius 3 is 2.75 bits per heavy atom. The zero-order valence-corrected chi connectivity index (χ0v) is 12.4. The fourth-order valence-electron chi connectivity index (χ4n) is 3.14. The summed E-state index contributed by atoms with van der Waals surface area (Å²) < 4.78 is 0. The van der Waals surface area contributed by atoms with E-state index in [0.29, 0.717) is 5.41 Å². The van der Waals surface area contributed by atoms with Crippen LogP contribution in [-0.4, -0.2) is 11.5 Å². The summed E-state index contributed by atoms with van der Waals surface area (Å²) in [6, 6.07) is 8.06. The highest BCUT2D eigenvalue weighted by Gasteiger charge is 2.34. The van der Waals surface area contributed by atoms with Gasteiger partial charge in [-0.3, -0.25) is 4.98 Å². The molecule has 0 spiro atoms. The van der Waals surface area contributed by atoms with Gasteiger partial charge in [-0.1, -0.05) is 13.3 Å². The third-order valence-corrected chi connectivity index (χ3v) is 4.78. The summed E-state index contributed by atoms with van der Waals surface area (Å²) in [5, 5.41) is 4.78. The van der Waals surface area contributed by atoms with E-state index in [9.17, 15) is 0 Å². The zero-order chi connectivity index (χ0) is 14.2.